The highest BCUT2D eigenvalue weighted by atomic mass is 31.2. The van der Waals surface area contributed by atoms with Crippen molar-refractivity contribution in [3.8, 4) is 11.1 Å². The molecule has 0 bridgehead atoms. The summed E-state index contributed by atoms with van der Waals surface area (Å²) in [4.78, 5) is 4.80. The number of rotatable bonds is 6. The number of hydrogen-bond donors (Lipinski definition) is 0. The van der Waals surface area contributed by atoms with E-state index in [1.807, 2.05) is 24.4 Å². The Balaban J connectivity index is 1.69. The maximum atomic E-state index is 13.5. The number of pyridine rings is 1. The maximum Gasteiger partial charge on any atom is 0.123 e. The fourth-order valence-electron chi connectivity index (χ4n) is 4.40. The predicted molar refractivity (Wildman–Crippen MR) is 138 cm³/mol. The molecule has 0 N–H and O–H groups in total. The van der Waals surface area contributed by atoms with Crippen molar-refractivity contribution >= 4 is 23.2 Å². The van der Waals surface area contributed by atoms with Crippen molar-refractivity contribution in [1.29, 1.82) is 0 Å². The van der Waals surface area contributed by atoms with Crippen LogP contribution in [0.5, 0.6) is 0 Å². The number of aromatic nitrogens is 1. The largest absolute Gasteiger partial charge is 0.257 e. The lowest BCUT2D eigenvalue weighted by atomic mass is 10.1. The first-order valence-corrected chi connectivity index (χ1v) is 13.0. The molecule has 33 heavy (non-hydrogen) atoms. The molecule has 0 aliphatic rings. The first-order valence-electron chi connectivity index (χ1n) is 11.0. The third kappa shape index (κ3) is 4.35. The lowest BCUT2D eigenvalue weighted by Gasteiger charge is -2.27. The van der Waals surface area contributed by atoms with Gasteiger partial charge in [0.05, 0.1) is 5.69 Å². The Bertz CT molecular complexity index is 1220. The predicted octanol–water partition coefficient (Wildman–Crippen LogP) is 6.38. The van der Waals surface area contributed by atoms with Gasteiger partial charge in [0.25, 0.3) is 0 Å². The van der Waals surface area contributed by atoms with Crippen molar-refractivity contribution in [2.75, 3.05) is 0 Å². The maximum absolute atomic E-state index is 13.5. The Morgan fingerprint density at radius 3 is 1.52 bits per heavy atom. The number of nitrogens with zero attached hydrogens (tertiary/aromatic N) is 1. The van der Waals surface area contributed by atoms with Crippen LogP contribution in [0, 0.1) is 5.82 Å². The Labute approximate surface area is 194 Å². The Morgan fingerprint density at radius 2 is 1.03 bits per heavy atom. The second kappa shape index (κ2) is 9.48. The van der Waals surface area contributed by atoms with Gasteiger partial charge < -0.3 is 0 Å². The highest BCUT2D eigenvalue weighted by molar-refractivity contribution is 7.95. The van der Waals surface area contributed by atoms with Crippen LogP contribution in [0.4, 0.5) is 4.39 Å². The summed E-state index contributed by atoms with van der Waals surface area (Å²) in [7, 11) is -2.02. The van der Waals surface area contributed by atoms with E-state index in [1.165, 1.54) is 28.0 Å². The molecule has 0 atom stereocenters. The standard InChI is InChI=1S/C30H24FNP/c31-26-18-16-24(17-19-26)25-20-21-32-27(22-25)23-33(28-10-4-1-5-11-28,29-12-6-2-7-13-29)30-14-8-3-9-15-30/h1-22H,23H2/q+1. The van der Waals surface area contributed by atoms with Crippen molar-refractivity contribution in [3.05, 3.63) is 145 Å². The molecule has 0 fully saturated rings. The molecular weight excluding hydrogens is 424 g/mol. The molecule has 0 aliphatic heterocycles. The molecule has 5 rings (SSSR count). The minimum atomic E-state index is -2.02. The summed E-state index contributed by atoms with van der Waals surface area (Å²) in [6, 6.07) is 43.2. The van der Waals surface area contributed by atoms with Gasteiger partial charge in [-0.05, 0) is 71.8 Å². The zero-order valence-corrected chi connectivity index (χ0v) is 19.1. The van der Waals surface area contributed by atoms with Gasteiger partial charge in [0.2, 0.25) is 0 Å². The topological polar surface area (TPSA) is 12.9 Å². The van der Waals surface area contributed by atoms with E-state index >= 15 is 0 Å². The van der Waals surface area contributed by atoms with Gasteiger partial charge in [0.1, 0.15) is 35.2 Å². The Kier molecular flexibility index (Phi) is 6.11. The van der Waals surface area contributed by atoms with Gasteiger partial charge in [0, 0.05) is 6.20 Å². The average molecular weight is 449 g/mol. The van der Waals surface area contributed by atoms with Gasteiger partial charge in [0.15, 0.2) is 0 Å². The van der Waals surface area contributed by atoms with E-state index in [0.717, 1.165) is 23.0 Å². The van der Waals surface area contributed by atoms with Crippen LogP contribution < -0.4 is 15.9 Å². The summed E-state index contributed by atoms with van der Waals surface area (Å²) in [5.41, 5.74) is 3.07. The average Bonchev–Trinajstić information content (AvgIpc) is 2.89. The van der Waals surface area contributed by atoms with Gasteiger partial charge in [-0.3, -0.25) is 4.98 Å². The zero-order chi connectivity index (χ0) is 22.5. The summed E-state index contributed by atoms with van der Waals surface area (Å²) >= 11 is 0. The molecule has 0 aliphatic carbocycles. The van der Waals surface area contributed by atoms with E-state index in [0.29, 0.717) is 0 Å². The van der Waals surface area contributed by atoms with E-state index in [4.69, 9.17) is 4.98 Å². The molecule has 0 unspecified atom stereocenters. The minimum Gasteiger partial charge on any atom is -0.257 e. The molecule has 1 heterocycles. The molecule has 0 saturated carbocycles. The van der Waals surface area contributed by atoms with Crippen molar-refractivity contribution in [2.45, 2.75) is 6.16 Å². The van der Waals surface area contributed by atoms with Crippen LogP contribution in [0.1, 0.15) is 5.69 Å². The molecule has 3 heteroatoms. The summed E-state index contributed by atoms with van der Waals surface area (Å²) in [6.07, 6.45) is 2.67. The summed E-state index contributed by atoms with van der Waals surface area (Å²) in [6.45, 7) is 0. The summed E-state index contributed by atoms with van der Waals surface area (Å²) < 4.78 is 13.5. The third-order valence-electron chi connectivity index (χ3n) is 5.98. The van der Waals surface area contributed by atoms with Crippen LogP contribution in [0.25, 0.3) is 11.1 Å². The van der Waals surface area contributed by atoms with E-state index in [-0.39, 0.29) is 5.82 Å². The summed E-state index contributed by atoms with van der Waals surface area (Å²) in [5, 5.41) is 3.99. The van der Waals surface area contributed by atoms with Gasteiger partial charge >= 0.3 is 0 Å². The van der Waals surface area contributed by atoms with Crippen molar-refractivity contribution in [2.24, 2.45) is 0 Å². The quantitative estimate of drug-likeness (QED) is 0.275. The molecule has 1 nitrogen and oxygen atoms in total. The van der Waals surface area contributed by atoms with Gasteiger partial charge in [-0.2, -0.15) is 0 Å². The van der Waals surface area contributed by atoms with E-state index in [2.05, 4.69) is 97.1 Å². The number of hydrogen-bond acceptors (Lipinski definition) is 1. The molecule has 4 aromatic carbocycles. The lowest BCUT2D eigenvalue weighted by Crippen LogP contribution is -2.32. The molecule has 0 radical (unpaired) electrons. The van der Waals surface area contributed by atoms with Crippen LogP contribution in [0.15, 0.2) is 134 Å². The van der Waals surface area contributed by atoms with Gasteiger partial charge in [-0.15, -0.1) is 0 Å². The lowest BCUT2D eigenvalue weighted by molar-refractivity contribution is 0.628. The fourth-order valence-corrected chi connectivity index (χ4v) is 8.54. The molecule has 0 amide bonds. The molecule has 160 valence electrons. The highest BCUT2D eigenvalue weighted by Gasteiger charge is 2.45. The first-order chi connectivity index (χ1) is 16.3. The van der Waals surface area contributed by atoms with E-state index < -0.39 is 7.26 Å². The zero-order valence-electron chi connectivity index (χ0n) is 18.2. The van der Waals surface area contributed by atoms with Crippen LogP contribution in [-0.4, -0.2) is 4.98 Å². The van der Waals surface area contributed by atoms with E-state index in [9.17, 15) is 4.39 Å². The summed E-state index contributed by atoms with van der Waals surface area (Å²) in [5.74, 6) is -0.227. The molecule has 0 saturated heterocycles. The minimum absolute atomic E-state index is 0.227. The highest BCUT2D eigenvalue weighted by Crippen LogP contribution is 2.58. The van der Waals surface area contributed by atoms with Crippen molar-refractivity contribution in [1.82, 2.24) is 4.98 Å². The van der Waals surface area contributed by atoms with Crippen LogP contribution in [0.2, 0.25) is 0 Å². The molecular formula is C30H24FNP+. The first kappa shape index (κ1) is 21.2. The van der Waals surface area contributed by atoms with E-state index in [1.54, 1.807) is 0 Å². The second-order valence-electron chi connectivity index (χ2n) is 8.02. The molecule has 0 spiro atoms. The molecule has 5 aromatic rings. The second-order valence-corrected chi connectivity index (χ2v) is 11.5. The Hall–Kier alpha value is -3.61. The monoisotopic (exact) mass is 448 g/mol. The Morgan fingerprint density at radius 1 is 0.545 bits per heavy atom. The fraction of sp³-hybridized carbons (Fsp3) is 0.0333. The number of benzene rings is 4. The normalized spacial score (nSPS) is 11.3. The third-order valence-corrected chi connectivity index (χ3v) is 10.3. The van der Waals surface area contributed by atoms with Crippen LogP contribution >= 0.6 is 7.26 Å². The van der Waals surface area contributed by atoms with Gasteiger partial charge in [-0.25, -0.2) is 4.39 Å². The number of halogens is 1. The smallest absolute Gasteiger partial charge is 0.123 e. The van der Waals surface area contributed by atoms with Crippen molar-refractivity contribution < 1.29 is 4.39 Å². The van der Waals surface area contributed by atoms with Crippen LogP contribution in [-0.2, 0) is 6.16 Å². The molecule has 1 aromatic heterocycles. The SMILES string of the molecule is Fc1ccc(-c2ccnc(C[P+](c3ccccc3)(c3ccccc3)c3ccccc3)c2)cc1. The van der Waals surface area contributed by atoms with Crippen LogP contribution in [0.3, 0.4) is 0 Å². The van der Waals surface area contributed by atoms with Gasteiger partial charge in [-0.1, -0.05) is 66.7 Å². The van der Waals surface area contributed by atoms with Crippen molar-refractivity contribution in [3.63, 3.8) is 0 Å².